The van der Waals surface area contributed by atoms with E-state index in [2.05, 4.69) is 5.32 Å². The van der Waals surface area contributed by atoms with E-state index < -0.39 is 12.0 Å². The number of rotatable bonds is 3. The van der Waals surface area contributed by atoms with Crippen molar-refractivity contribution < 1.29 is 19.4 Å². The third-order valence-electron chi connectivity index (χ3n) is 2.15. The number of nitrogens with zero attached hydrogens (tertiary/aromatic N) is 1. The van der Waals surface area contributed by atoms with Gasteiger partial charge in [0.05, 0.1) is 19.8 Å². The van der Waals surface area contributed by atoms with Gasteiger partial charge in [0.1, 0.15) is 6.04 Å². The molecule has 80 valence electrons. The Morgan fingerprint density at radius 2 is 2.36 bits per heavy atom. The fourth-order valence-corrected chi connectivity index (χ4v) is 1.32. The number of hydrogen-bond donors (Lipinski definition) is 2. The van der Waals surface area contributed by atoms with Gasteiger partial charge in [0.15, 0.2) is 0 Å². The van der Waals surface area contributed by atoms with Crippen LogP contribution < -0.4 is 5.32 Å². The van der Waals surface area contributed by atoms with Gasteiger partial charge in [0, 0.05) is 13.6 Å². The van der Waals surface area contributed by atoms with Crippen LogP contribution in [0.5, 0.6) is 0 Å². The second-order valence-corrected chi connectivity index (χ2v) is 3.07. The first kappa shape index (κ1) is 10.9. The first-order chi connectivity index (χ1) is 6.65. The zero-order valence-electron chi connectivity index (χ0n) is 8.02. The summed E-state index contributed by atoms with van der Waals surface area (Å²) in [7, 11) is 1.53. The molecule has 0 bridgehead atoms. The monoisotopic (exact) mass is 202 g/mol. The summed E-state index contributed by atoms with van der Waals surface area (Å²) in [5.41, 5.74) is 0. The highest BCUT2D eigenvalue weighted by atomic mass is 16.5. The first-order valence-corrected chi connectivity index (χ1v) is 4.40. The minimum absolute atomic E-state index is 0.108. The highest BCUT2D eigenvalue weighted by Crippen LogP contribution is 2.06. The van der Waals surface area contributed by atoms with Crippen LogP contribution in [0.2, 0.25) is 0 Å². The standard InChI is InChI=1S/C8H14N2O4/c1-9-7(11)4-10-2-3-14-5-6(10)8(12)13/h6H,2-5H2,1H3,(H,9,11)(H,12,13). The predicted molar refractivity (Wildman–Crippen MR) is 47.9 cm³/mol. The predicted octanol–water partition coefficient (Wildman–Crippen LogP) is -1.48. The fourth-order valence-electron chi connectivity index (χ4n) is 1.32. The molecule has 2 N–H and O–H groups in total. The van der Waals surface area contributed by atoms with Gasteiger partial charge in [0.2, 0.25) is 5.91 Å². The van der Waals surface area contributed by atoms with Gasteiger partial charge < -0.3 is 15.2 Å². The van der Waals surface area contributed by atoms with E-state index in [1.54, 1.807) is 4.90 Å². The maximum atomic E-state index is 11.1. The Morgan fingerprint density at radius 3 is 2.93 bits per heavy atom. The van der Waals surface area contributed by atoms with E-state index in [4.69, 9.17) is 9.84 Å². The molecule has 0 aromatic rings. The smallest absolute Gasteiger partial charge is 0.323 e. The lowest BCUT2D eigenvalue weighted by Gasteiger charge is -2.31. The summed E-state index contributed by atoms with van der Waals surface area (Å²) in [5.74, 6) is -1.13. The lowest BCUT2D eigenvalue weighted by atomic mass is 10.2. The molecule has 6 heteroatoms. The van der Waals surface area contributed by atoms with Crippen molar-refractivity contribution in [2.24, 2.45) is 0 Å². The van der Waals surface area contributed by atoms with E-state index in [0.29, 0.717) is 13.2 Å². The van der Waals surface area contributed by atoms with Gasteiger partial charge in [0.25, 0.3) is 0 Å². The molecule has 1 amide bonds. The van der Waals surface area contributed by atoms with E-state index in [1.807, 2.05) is 0 Å². The number of hydrogen-bond acceptors (Lipinski definition) is 4. The molecule has 1 heterocycles. The molecule has 0 radical (unpaired) electrons. The second-order valence-electron chi connectivity index (χ2n) is 3.07. The van der Waals surface area contributed by atoms with Crippen molar-refractivity contribution in [2.45, 2.75) is 6.04 Å². The maximum Gasteiger partial charge on any atom is 0.323 e. The summed E-state index contributed by atoms with van der Waals surface area (Å²) < 4.78 is 5.03. The lowest BCUT2D eigenvalue weighted by molar-refractivity contribution is -0.150. The Kier molecular flexibility index (Phi) is 3.84. The summed E-state index contributed by atoms with van der Waals surface area (Å²) in [6.07, 6.45) is 0. The van der Waals surface area contributed by atoms with Gasteiger partial charge in [-0.15, -0.1) is 0 Å². The zero-order valence-corrected chi connectivity index (χ0v) is 8.02. The number of carboxylic acid groups (broad SMARTS) is 1. The Labute approximate surface area is 81.8 Å². The molecule has 1 fully saturated rings. The van der Waals surface area contributed by atoms with E-state index in [0.717, 1.165) is 0 Å². The highest BCUT2D eigenvalue weighted by Gasteiger charge is 2.29. The number of likely N-dealkylation sites (N-methyl/N-ethyl adjacent to an activating group) is 1. The third kappa shape index (κ3) is 2.68. The quantitative estimate of drug-likeness (QED) is 0.583. The molecule has 1 atom stereocenters. The van der Waals surface area contributed by atoms with Crippen molar-refractivity contribution in [2.75, 3.05) is 33.4 Å². The van der Waals surface area contributed by atoms with Crippen molar-refractivity contribution in [3.8, 4) is 0 Å². The minimum Gasteiger partial charge on any atom is -0.480 e. The van der Waals surface area contributed by atoms with Gasteiger partial charge >= 0.3 is 5.97 Å². The normalized spacial score (nSPS) is 23.1. The van der Waals surface area contributed by atoms with Gasteiger partial charge in [-0.2, -0.15) is 0 Å². The molecule has 0 aliphatic carbocycles. The summed E-state index contributed by atoms with van der Waals surface area (Å²) in [6, 6.07) is -0.707. The van der Waals surface area contributed by atoms with Crippen LogP contribution in [0, 0.1) is 0 Å². The van der Waals surface area contributed by atoms with E-state index >= 15 is 0 Å². The largest absolute Gasteiger partial charge is 0.480 e. The van der Waals surface area contributed by atoms with Crippen LogP contribution in [0.25, 0.3) is 0 Å². The number of amides is 1. The summed E-state index contributed by atoms with van der Waals surface area (Å²) in [5, 5.41) is 11.3. The molecule has 0 aromatic carbocycles. The van der Waals surface area contributed by atoms with Crippen molar-refractivity contribution in [1.82, 2.24) is 10.2 Å². The van der Waals surface area contributed by atoms with Crippen LogP contribution in [0.1, 0.15) is 0 Å². The SMILES string of the molecule is CNC(=O)CN1CCOCC1C(=O)O. The Morgan fingerprint density at radius 1 is 1.64 bits per heavy atom. The molecule has 1 unspecified atom stereocenters. The molecule has 6 nitrogen and oxygen atoms in total. The van der Waals surface area contributed by atoms with Gasteiger partial charge in [-0.05, 0) is 0 Å². The Balaban J connectivity index is 2.54. The molecule has 0 spiro atoms. The topological polar surface area (TPSA) is 78.9 Å². The number of carbonyl (C=O) groups excluding carboxylic acids is 1. The van der Waals surface area contributed by atoms with Crippen molar-refractivity contribution in [3.05, 3.63) is 0 Å². The van der Waals surface area contributed by atoms with Crippen molar-refractivity contribution in [1.29, 1.82) is 0 Å². The molecule has 1 rings (SSSR count). The molecule has 1 aliphatic heterocycles. The molecule has 0 saturated carbocycles. The average Bonchev–Trinajstić information content (AvgIpc) is 2.18. The van der Waals surface area contributed by atoms with Crippen LogP contribution >= 0.6 is 0 Å². The van der Waals surface area contributed by atoms with Crippen molar-refractivity contribution in [3.63, 3.8) is 0 Å². The Bertz CT molecular complexity index is 231. The van der Waals surface area contributed by atoms with Crippen LogP contribution in [0.3, 0.4) is 0 Å². The van der Waals surface area contributed by atoms with Crippen LogP contribution in [0.4, 0.5) is 0 Å². The van der Waals surface area contributed by atoms with Gasteiger partial charge in [-0.3, -0.25) is 14.5 Å². The Hall–Kier alpha value is -1.14. The first-order valence-electron chi connectivity index (χ1n) is 4.40. The van der Waals surface area contributed by atoms with Crippen LogP contribution in [0.15, 0.2) is 0 Å². The minimum atomic E-state index is -0.950. The van der Waals surface area contributed by atoms with E-state index in [9.17, 15) is 9.59 Å². The third-order valence-corrected chi connectivity index (χ3v) is 2.15. The summed E-state index contributed by atoms with van der Waals surface area (Å²) in [4.78, 5) is 23.4. The van der Waals surface area contributed by atoms with Gasteiger partial charge in [-0.25, -0.2) is 0 Å². The molecule has 1 aliphatic rings. The maximum absolute atomic E-state index is 11.1. The number of carbonyl (C=O) groups is 2. The second kappa shape index (κ2) is 4.92. The number of aliphatic carboxylic acids is 1. The molecule has 14 heavy (non-hydrogen) atoms. The molecule has 1 saturated heterocycles. The number of nitrogens with one attached hydrogen (secondary N) is 1. The van der Waals surface area contributed by atoms with Gasteiger partial charge in [-0.1, -0.05) is 0 Å². The number of morpholine rings is 1. The van der Waals surface area contributed by atoms with Crippen molar-refractivity contribution >= 4 is 11.9 Å². The number of ether oxygens (including phenoxy) is 1. The number of carboxylic acids is 1. The molecular weight excluding hydrogens is 188 g/mol. The summed E-state index contributed by atoms with van der Waals surface area (Å²) in [6.45, 7) is 1.20. The lowest BCUT2D eigenvalue weighted by Crippen LogP contribution is -2.52. The van der Waals surface area contributed by atoms with Crippen LogP contribution in [-0.4, -0.2) is 61.3 Å². The van der Waals surface area contributed by atoms with E-state index in [1.165, 1.54) is 7.05 Å². The summed E-state index contributed by atoms with van der Waals surface area (Å²) >= 11 is 0. The van der Waals surface area contributed by atoms with Crippen LogP contribution in [-0.2, 0) is 14.3 Å². The van der Waals surface area contributed by atoms with E-state index in [-0.39, 0.29) is 19.1 Å². The molecular formula is C8H14N2O4. The zero-order chi connectivity index (χ0) is 10.6. The highest BCUT2D eigenvalue weighted by molar-refractivity contribution is 5.79. The average molecular weight is 202 g/mol. The fraction of sp³-hybridized carbons (Fsp3) is 0.750. The molecule has 0 aromatic heterocycles.